The van der Waals surface area contributed by atoms with Crippen LogP contribution in [0, 0.1) is 0 Å². The van der Waals surface area contributed by atoms with Gasteiger partial charge in [-0.2, -0.15) is 0 Å². The molecular formula is C26H21N3O4. The van der Waals surface area contributed by atoms with Gasteiger partial charge in [0, 0.05) is 29.4 Å². The topological polar surface area (TPSA) is 85.5 Å². The highest BCUT2D eigenvalue weighted by Crippen LogP contribution is 2.42. The zero-order chi connectivity index (χ0) is 22.5. The number of fused-ring (bicyclic) bond motifs is 2. The maximum absolute atomic E-state index is 13.9. The number of methoxy groups -OCH3 is 1. The van der Waals surface area contributed by atoms with Crippen molar-refractivity contribution in [2.45, 2.75) is 25.2 Å². The number of benzene rings is 2. The molecule has 1 aliphatic heterocycles. The number of amides is 1. The van der Waals surface area contributed by atoms with Crippen molar-refractivity contribution in [3.63, 3.8) is 0 Å². The summed E-state index contributed by atoms with van der Waals surface area (Å²) in [6.07, 6.45) is 2.80. The highest BCUT2D eigenvalue weighted by Gasteiger charge is 2.33. The van der Waals surface area contributed by atoms with Crippen LogP contribution in [0.2, 0.25) is 0 Å². The van der Waals surface area contributed by atoms with Crippen LogP contribution in [0.1, 0.15) is 50.7 Å². The fourth-order valence-corrected chi connectivity index (χ4v) is 4.52. The average Bonchev–Trinajstić information content (AvgIpc) is 3.49. The second kappa shape index (κ2) is 7.55. The van der Waals surface area contributed by atoms with Crippen molar-refractivity contribution in [2.24, 2.45) is 0 Å². The number of aromatic nitrogens is 2. The average molecular weight is 439 g/mol. The number of carbonyl (C=O) groups is 2. The summed E-state index contributed by atoms with van der Waals surface area (Å²) in [7, 11) is 1.36. The molecule has 3 heterocycles. The monoisotopic (exact) mass is 439 g/mol. The molecule has 0 spiro atoms. The Morgan fingerprint density at radius 2 is 1.91 bits per heavy atom. The third-order valence-electron chi connectivity index (χ3n) is 6.38. The summed E-state index contributed by atoms with van der Waals surface area (Å²) in [5, 5.41) is 4.92. The molecule has 2 aliphatic rings. The van der Waals surface area contributed by atoms with E-state index in [-0.39, 0.29) is 11.9 Å². The third-order valence-corrected chi connectivity index (χ3v) is 6.38. The molecule has 1 aliphatic carbocycles. The Bertz CT molecular complexity index is 1410. The third kappa shape index (κ3) is 3.28. The maximum Gasteiger partial charge on any atom is 0.337 e. The van der Waals surface area contributed by atoms with Crippen molar-refractivity contribution in [2.75, 3.05) is 18.6 Å². The molecule has 2 aromatic carbocycles. The van der Waals surface area contributed by atoms with Gasteiger partial charge in [0.1, 0.15) is 5.69 Å². The van der Waals surface area contributed by atoms with Crippen molar-refractivity contribution in [3.05, 3.63) is 77.0 Å². The van der Waals surface area contributed by atoms with Gasteiger partial charge in [0.25, 0.3) is 11.6 Å². The number of esters is 1. The number of hydrogen-bond acceptors (Lipinski definition) is 6. The number of anilines is 1. The van der Waals surface area contributed by atoms with Crippen molar-refractivity contribution < 1.29 is 18.8 Å². The molecule has 0 N–H and O–H groups in total. The molecular weight excluding hydrogens is 418 g/mol. The van der Waals surface area contributed by atoms with E-state index >= 15 is 0 Å². The number of nitrogens with zero attached hydrogens (tertiary/aromatic N) is 3. The van der Waals surface area contributed by atoms with E-state index in [2.05, 4.69) is 10.1 Å². The van der Waals surface area contributed by atoms with E-state index in [1.807, 2.05) is 42.5 Å². The summed E-state index contributed by atoms with van der Waals surface area (Å²) in [5.74, 6) is -0.140. The number of carbonyl (C=O) groups excluding carboxylic acids is 2. The van der Waals surface area contributed by atoms with Crippen LogP contribution in [-0.4, -0.2) is 35.7 Å². The zero-order valence-electron chi connectivity index (χ0n) is 18.1. The van der Waals surface area contributed by atoms with Crippen LogP contribution in [-0.2, 0) is 11.2 Å². The quantitative estimate of drug-likeness (QED) is 0.426. The molecule has 7 heteroatoms. The van der Waals surface area contributed by atoms with Crippen LogP contribution < -0.4 is 4.90 Å². The Morgan fingerprint density at radius 1 is 1.09 bits per heavy atom. The fraction of sp³-hybridized carbons (Fsp3) is 0.231. The maximum atomic E-state index is 13.9. The first-order valence-corrected chi connectivity index (χ1v) is 11.0. The summed E-state index contributed by atoms with van der Waals surface area (Å²) in [5.41, 5.74) is 5.55. The Balaban J connectivity index is 1.47. The number of pyridine rings is 1. The lowest BCUT2D eigenvalue weighted by Crippen LogP contribution is -2.29. The van der Waals surface area contributed by atoms with E-state index in [0.717, 1.165) is 35.3 Å². The molecule has 33 heavy (non-hydrogen) atoms. The SMILES string of the molecule is COC(=O)c1ccc2c(c1)CCN2C(=O)c1cc(C2CC2)nc2onc(-c3ccccc3)c12. The summed E-state index contributed by atoms with van der Waals surface area (Å²) >= 11 is 0. The summed E-state index contributed by atoms with van der Waals surface area (Å²) in [6.45, 7) is 0.535. The molecule has 0 radical (unpaired) electrons. The van der Waals surface area contributed by atoms with E-state index in [1.165, 1.54) is 7.11 Å². The van der Waals surface area contributed by atoms with Crippen LogP contribution in [0.3, 0.4) is 0 Å². The van der Waals surface area contributed by atoms with Crippen molar-refractivity contribution in [1.82, 2.24) is 10.1 Å². The Hall–Kier alpha value is -4.00. The molecule has 7 nitrogen and oxygen atoms in total. The normalized spacial score (nSPS) is 15.0. The van der Waals surface area contributed by atoms with Crippen LogP contribution in [0.15, 0.2) is 59.1 Å². The minimum Gasteiger partial charge on any atom is -0.465 e. The predicted molar refractivity (Wildman–Crippen MR) is 122 cm³/mol. The van der Waals surface area contributed by atoms with E-state index in [0.29, 0.717) is 46.8 Å². The standard InChI is InChI=1S/C26H21N3O4/c1-32-26(31)18-9-10-21-17(13-18)11-12-29(21)25(30)19-14-20(15-7-8-15)27-24-22(19)23(28-33-24)16-5-3-2-4-6-16/h2-6,9-10,13-15H,7-8,11-12H2,1H3. The molecule has 0 atom stereocenters. The van der Waals surface area contributed by atoms with E-state index in [9.17, 15) is 9.59 Å². The molecule has 0 saturated heterocycles. The van der Waals surface area contributed by atoms with Crippen LogP contribution >= 0.6 is 0 Å². The molecule has 164 valence electrons. The largest absolute Gasteiger partial charge is 0.465 e. The van der Waals surface area contributed by atoms with Crippen molar-refractivity contribution in [3.8, 4) is 11.3 Å². The first kappa shape index (κ1) is 19.7. The Kier molecular flexibility index (Phi) is 4.50. The first-order chi connectivity index (χ1) is 16.1. The fourth-order valence-electron chi connectivity index (χ4n) is 4.52. The Morgan fingerprint density at radius 3 is 2.67 bits per heavy atom. The van der Waals surface area contributed by atoms with Gasteiger partial charge in [-0.25, -0.2) is 9.78 Å². The van der Waals surface area contributed by atoms with Crippen molar-refractivity contribution in [1.29, 1.82) is 0 Å². The Labute approximate surface area is 190 Å². The molecule has 6 rings (SSSR count). The summed E-state index contributed by atoms with van der Waals surface area (Å²) in [4.78, 5) is 32.3. The molecule has 0 bridgehead atoms. The first-order valence-electron chi connectivity index (χ1n) is 11.0. The van der Waals surface area contributed by atoms with Crippen LogP contribution in [0.5, 0.6) is 0 Å². The van der Waals surface area contributed by atoms with E-state index in [1.54, 1.807) is 17.0 Å². The highest BCUT2D eigenvalue weighted by molar-refractivity contribution is 6.16. The number of hydrogen-bond donors (Lipinski definition) is 0. The van der Waals surface area contributed by atoms with Crippen LogP contribution in [0.25, 0.3) is 22.4 Å². The predicted octanol–water partition coefficient (Wildman–Crippen LogP) is 4.76. The van der Waals surface area contributed by atoms with Gasteiger partial charge >= 0.3 is 5.97 Å². The minimum atomic E-state index is -0.385. The summed E-state index contributed by atoms with van der Waals surface area (Å²) in [6, 6.07) is 16.9. The van der Waals surface area contributed by atoms with Gasteiger partial charge < -0.3 is 14.2 Å². The molecule has 4 aromatic rings. The highest BCUT2D eigenvalue weighted by atomic mass is 16.5. The van der Waals surface area contributed by atoms with Crippen molar-refractivity contribution >= 4 is 28.7 Å². The molecule has 1 amide bonds. The lowest BCUT2D eigenvalue weighted by molar-refractivity contribution is 0.0600. The zero-order valence-corrected chi connectivity index (χ0v) is 18.1. The van der Waals surface area contributed by atoms with Gasteiger partial charge in [-0.05, 0) is 49.1 Å². The van der Waals surface area contributed by atoms with Gasteiger partial charge in [-0.1, -0.05) is 35.5 Å². The van der Waals surface area contributed by atoms with Gasteiger partial charge in [-0.15, -0.1) is 0 Å². The minimum absolute atomic E-state index is 0.116. The number of rotatable bonds is 4. The lowest BCUT2D eigenvalue weighted by Gasteiger charge is -2.18. The van der Waals surface area contributed by atoms with E-state index < -0.39 is 0 Å². The molecule has 2 aromatic heterocycles. The van der Waals surface area contributed by atoms with Crippen LogP contribution in [0.4, 0.5) is 5.69 Å². The van der Waals surface area contributed by atoms with E-state index in [4.69, 9.17) is 9.26 Å². The second-order valence-corrected chi connectivity index (χ2v) is 8.49. The molecule has 1 fully saturated rings. The summed E-state index contributed by atoms with van der Waals surface area (Å²) < 4.78 is 10.4. The number of ether oxygens (including phenoxy) is 1. The van der Waals surface area contributed by atoms with Gasteiger partial charge in [0.15, 0.2) is 0 Å². The smallest absolute Gasteiger partial charge is 0.337 e. The van der Waals surface area contributed by atoms with Gasteiger partial charge in [0.05, 0.1) is 23.6 Å². The van der Waals surface area contributed by atoms with Gasteiger partial charge in [-0.3, -0.25) is 4.79 Å². The molecule has 1 saturated carbocycles. The molecule has 0 unspecified atom stereocenters. The van der Waals surface area contributed by atoms with Gasteiger partial charge in [0.2, 0.25) is 0 Å². The lowest BCUT2D eigenvalue weighted by atomic mass is 10.0. The second-order valence-electron chi connectivity index (χ2n) is 8.49.